The number of aromatic nitrogens is 2. The summed E-state index contributed by atoms with van der Waals surface area (Å²) in [6, 6.07) is 7.15. The summed E-state index contributed by atoms with van der Waals surface area (Å²) in [5.74, 6) is 0.261. The maximum atomic E-state index is 12.1. The zero-order valence-corrected chi connectivity index (χ0v) is 13.2. The number of likely N-dealkylation sites (tertiary alicyclic amines) is 1. The number of pyridine rings is 2. The smallest absolute Gasteiger partial charge is 0.224 e. The van der Waals surface area contributed by atoms with Crippen molar-refractivity contribution in [3.8, 4) is 5.75 Å². The lowest BCUT2D eigenvalue weighted by Gasteiger charge is -2.25. The molecule has 0 saturated carbocycles. The van der Waals surface area contributed by atoms with Crippen LogP contribution in [0, 0.1) is 6.92 Å². The first-order valence-corrected chi connectivity index (χ1v) is 7.60. The SMILES string of the molecule is Cc1ccc(O)c(CN[C@@H]2CC(=O)N(C)[C@H]2c2cccnc2)n1. The van der Waals surface area contributed by atoms with E-state index >= 15 is 0 Å². The molecule has 2 N–H and O–H groups in total. The lowest BCUT2D eigenvalue weighted by molar-refractivity contribution is -0.127. The van der Waals surface area contributed by atoms with Gasteiger partial charge in [0.2, 0.25) is 5.91 Å². The predicted octanol–water partition coefficient (Wildman–Crippen LogP) is 1.55. The molecule has 1 fully saturated rings. The van der Waals surface area contributed by atoms with Crippen molar-refractivity contribution in [3.63, 3.8) is 0 Å². The summed E-state index contributed by atoms with van der Waals surface area (Å²) in [5.41, 5.74) is 2.44. The van der Waals surface area contributed by atoms with Crippen LogP contribution in [0.1, 0.15) is 29.4 Å². The van der Waals surface area contributed by atoms with Crippen LogP contribution in [-0.2, 0) is 11.3 Å². The number of carbonyl (C=O) groups is 1. The number of hydrogen-bond acceptors (Lipinski definition) is 5. The van der Waals surface area contributed by atoms with Gasteiger partial charge in [-0.2, -0.15) is 0 Å². The van der Waals surface area contributed by atoms with Crippen LogP contribution in [0.5, 0.6) is 5.75 Å². The van der Waals surface area contributed by atoms with E-state index in [4.69, 9.17) is 0 Å². The Bertz CT molecular complexity index is 705. The Kier molecular flexibility index (Phi) is 4.25. The zero-order chi connectivity index (χ0) is 16.4. The maximum Gasteiger partial charge on any atom is 0.224 e. The van der Waals surface area contributed by atoms with Crippen molar-refractivity contribution in [2.75, 3.05) is 7.05 Å². The van der Waals surface area contributed by atoms with Gasteiger partial charge >= 0.3 is 0 Å². The van der Waals surface area contributed by atoms with Gasteiger partial charge in [-0.15, -0.1) is 0 Å². The average molecular weight is 312 g/mol. The fourth-order valence-corrected chi connectivity index (χ4v) is 3.02. The molecule has 0 spiro atoms. The zero-order valence-electron chi connectivity index (χ0n) is 13.2. The number of aryl methyl sites for hydroxylation is 1. The highest BCUT2D eigenvalue weighted by Gasteiger charge is 2.38. The molecule has 120 valence electrons. The lowest BCUT2D eigenvalue weighted by atomic mass is 10.0. The van der Waals surface area contributed by atoms with E-state index in [0.29, 0.717) is 18.7 Å². The van der Waals surface area contributed by atoms with Gasteiger partial charge in [-0.1, -0.05) is 6.07 Å². The fourth-order valence-electron chi connectivity index (χ4n) is 3.02. The van der Waals surface area contributed by atoms with Crippen LogP contribution in [0.3, 0.4) is 0 Å². The fraction of sp³-hybridized carbons (Fsp3) is 0.353. The highest BCUT2D eigenvalue weighted by molar-refractivity contribution is 5.80. The highest BCUT2D eigenvalue weighted by atomic mass is 16.3. The van der Waals surface area contributed by atoms with Crippen LogP contribution in [0.4, 0.5) is 0 Å². The topological polar surface area (TPSA) is 78.4 Å². The third-order valence-electron chi connectivity index (χ3n) is 4.23. The normalized spacial score (nSPS) is 21.0. The third-order valence-corrected chi connectivity index (χ3v) is 4.23. The second-order valence-corrected chi connectivity index (χ2v) is 5.85. The Labute approximate surface area is 135 Å². The first-order valence-electron chi connectivity index (χ1n) is 7.60. The number of aromatic hydroxyl groups is 1. The Morgan fingerprint density at radius 3 is 2.96 bits per heavy atom. The van der Waals surface area contributed by atoms with E-state index in [1.807, 2.05) is 26.1 Å². The van der Waals surface area contributed by atoms with Crippen LogP contribution in [-0.4, -0.2) is 39.0 Å². The van der Waals surface area contributed by atoms with E-state index in [2.05, 4.69) is 15.3 Å². The Morgan fingerprint density at radius 2 is 2.22 bits per heavy atom. The quantitative estimate of drug-likeness (QED) is 0.895. The van der Waals surface area contributed by atoms with Crippen LogP contribution < -0.4 is 5.32 Å². The molecule has 0 radical (unpaired) electrons. The molecule has 23 heavy (non-hydrogen) atoms. The van der Waals surface area contributed by atoms with Crippen molar-refractivity contribution in [1.29, 1.82) is 0 Å². The molecule has 0 aliphatic carbocycles. The Morgan fingerprint density at radius 1 is 1.39 bits per heavy atom. The summed E-state index contributed by atoms with van der Waals surface area (Å²) in [4.78, 5) is 22.3. The number of rotatable bonds is 4. The standard InChI is InChI=1S/C17H20N4O2/c1-11-5-6-15(22)14(20-11)10-19-13-8-16(23)21(2)17(13)12-4-3-7-18-9-12/h3-7,9,13,17,19,22H,8,10H2,1-2H3/t13-,17+/m1/s1. The monoisotopic (exact) mass is 312 g/mol. The van der Waals surface area contributed by atoms with E-state index in [0.717, 1.165) is 11.3 Å². The molecular weight excluding hydrogens is 292 g/mol. The molecule has 1 aliphatic rings. The van der Waals surface area contributed by atoms with Crippen LogP contribution >= 0.6 is 0 Å². The number of nitrogens with one attached hydrogen (secondary N) is 1. The van der Waals surface area contributed by atoms with Crippen molar-refractivity contribution in [2.24, 2.45) is 0 Å². The molecule has 2 aromatic heterocycles. The Hall–Kier alpha value is -2.47. The van der Waals surface area contributed by atoms with Crippen LogP contribution in [0.15, 0.2) is 36.7 Å². The van der Waals surface area contributed by atoms with Gasteiger partial charge in [0.25, 0.3) is 0 Å². The van der Waals surface area contributed by atoms with Crippen molar-refractivity contribution >= 4 is 5.91 Å². The first kappa shape index (κ1) is 15.4. The second-order valence-electron chi connectivity index (χ2n) is 5.85. The minimum absolute atomic E-state index is 0.0431. The Balaban J connectivity index is 1.78. The molecule has 3 rings (SSSR count). The van der Waals surface area contributed by atoms with E-state index in [1.165, 1.54) is 0 Å². The number of amides is 1. The summed E-state index contributed by atoms with van der Waals surface area (Å²) < 4.78 is 0. The number of carbonyl (C=O) groups excluding carboxylic acids is 1. The number of hydrogen-bond donors (Lipinski definition) is 2. The van der Waals surface area contributed by atoms with Gasteiger partial charge in [0.1, 0.15) is 5.75 Å². The van der Waals surface area contributed by atoms with Gasteiger partial charge < -0.3 is 15.3 Å². The minimum atomic E-state index is -0.0665. The van der Waals surface area contributed by atoms with E-state index < -0.39 is 0 Å². The summed E-state index contributed by atoms with van der Waals surface area (Å²) in [7, 11) is 1.81. The number of likely N-dealkylation sites (N-methyl/N-ethyl adjacent to an activating group) is 1. The van der Waals surface area contributed by atoms with Gasteiger partial charge in [0.15, 0.2) is 0 Å². The van der Waals surface area contributed by atoms with Crippen molar-refractivity contribution in [3.05, 3.63) is 53.6 Å². The van der Waals surface area contributed by atoms with E-state index in [1.54, 1.807) is 29.4 Å². The molecule has 3 heterocycles. The third kappa shape index (κ3) is 3.17. The highest BCUT2D eigenvalue weighted by Crippen LogP contribution is 2.31. The van der Waals surface area contributed by atoms with Gasteiger partial charge in [-0.25, -0.2) is 0 Å². The molecule has 6 heteroatoms. The summed E-state index contributed by atoms with van der Waals surface area (Å²) in [6.07, 6.45) is 3.93. The summed E-state index contributed by atoms with van der Waals surface area (Å²) in [6.45, 7) is 2.30. The summed E-state index contributed by atoms with van der Waals surface area (Å²) >= 11 is 0. The van der Waals surface area contributed by atoms with Crippen LogP contribution in [0.25, 0.3) is 0 Å². The largest absolute Gasteiger partial charge is 0.506 e. The van der Waals surface area contributed by atoms with Gasteiger partial charge in [0, 0.05) is 44.1 Å². The van der Waals surface area contributed by atoms with E-state index in [-0.39, 0.29) is 23.7 Å². The molecule has 6 nitrogen and oxygen atoms in total. The minimum Gasteiger partial charge on any atom is -0.506 e. The molecule has 2 aromatic rings. The summed E-state index contributed by atoms with van der Waals surface area (Å²) in [5, 5.41) is 13.3. The molecular formula is C17H20N4O2. The first-order chi connectivity index (χ1) is 11.1. The maximum absolute atomic E-state index is 12.1. The predicted molar refractivity (Wildman–Crippen MR) is 85.6 cm³/mol. The van der Waals surface area contributed by atoms with Crippen molar-refractivity contribution in [1.82, 2.24) is 20.2 Å². The molecule has 0 bridgehead atoms. The molecule has 0 unspecified atom stereocenters. The van der Waals surface area contributed by atoms with Gasteiger partial charge in [-0.05, 0) is 30.7 Å². The number of nitrogens with zero attached hydrogens (tertiary/aromatic N) is 3. The van der Waals surface area contributed by atoms with Gasteiger partial charge in [0.05, 0.1) is 11.7 Å². The molecule has 1 aliphatic heterocycles. The van der Waals surface area contributed by atoms with Crippen LogP contribution in [0.2, 0.25) is 0 Å². The second kappa shape index (κ2) is 6.34. The molecule has 1 saturated heterocycles. The van der Waals surface area contributed by atoms with Crippen molar-refractivity contribution < 1.29 is 9.90 Å². The van der Waals surface area contributed by atoms with Gasteiger partial charge in [-0.3, -0.25) is 14.8 Å². The van der Waals surface area contributed by atoms with Crippen molar-refractivity contribution in [2.45, 2.75) is 32.0 Å². The average Bonchev–Trinajstić information content (AvgIpc) is 2.84. The lowest BCUT2D eigenvalue weighted by Crippen LogP contribution is -2.35. The van der Waals surface area contributed by atoms with E-state index in [9.17, 15) is 9.90 Å². The molecule has 2 atom stereocenters. The molecule has 1 amide bonds. The molecule has 0 aromatic carbocycles.